The number of rotatable bonds is 4. The van der Waals surface area contributed by atoms with Crippen molar-refractivity contribution in [2.75, 3.05) is 23.9 Å². The molecule has 7 aromatic rings. The number of benzene rings is 7. The predicted octanol–water partition coefficient (Wildman–Crippen LogP) is 10.1. The number of hydrogen-bond donors (Lipinski definition) is 1. The van der Waals surface area contributed by atoms with Crippen molar-refractivity contribution < 1.29 is 9.90 Å². The van der Waals surface area contributed by atoms with Gasteiger partial charge in [-0.25, -0.2) is 0 Å². The summed E-state index contributed by atoms with van der Waals surface area (Å²) in [5.41, 5.74) is 7.44. The van der Waals surface area contributed by atoms with Crippen molar-refractivity contribution in [2.45, 2.75) is 45.8 Å². The Kier molecular flexibility index (Phi) is 6.95. The van der Waals surface area contributed by atoms with Gasteiger partial charge in [-0.1, -0.05) is 100 Å². The molecule has 0 saturated carbocycles. The average molecular weight is 627 g/mol. The third-order valence-electron chi connectivity index (χ3n) is 10.1. The van der Waals surface area contributed by atoms with Crippen LogP contribution in [-0.2, 0) is 0 Å². The van der Waals surface area contributed by atoms with Crippen LogP contribution in [-0.4, -0.2) is 25.1 Å². The van der Waals surface area contributed by atoms with E-state index in [1.54, 1.807) is 4.90 Å². The zero-order valence-electron chi connectivity index (χ0n) is 28.2. The van der Waals surface area contributed by atoms with Crippen LogP contribution in [0.15, 0.2) is 97.1 Å². The molecule has 8 rings (SSSR count). The lowest BCUT2D eigenvalue weighted by molar-refractivity contribution is 0.0878. The van der Waals surface area contributed by atoms with Crippen molar-refractivity contribution in [1.29, 1.82) is 0 Å². The molecule has 1 amide bonds. The molecule has 0 aliphatic carbocycles. The van der Waals surface area contributed by atoms with E-state index in [2.05, 4.69) is 129 Å². The number of hydrogen-bond acceptors (Lipinski definition) is 3. The van der Waals surface area contributed by atoms with Crippen LogP contribution in [0.1, 0.15) is 83.9 Å². The normalized spacial score (nSPS) is 14.6. The largest absolute Gasteiger partial charge is 0.378 e. The monoisotopic (exact) mass is 626 g/mol. The van der Waals surface area contributed by atoms with Crippen molar-refractivity contribution in [2.24, 2.45) is 0 Å². The van der Waals surface area contributed by atoms with Crippen molar-refractivity contribution in [1.82, 2.24) is 0 Å². The third-order valence-corrected chi connectivity index (χ3v) is 10.1. The molecule has 1 atom stereocenters. The van der Waals surface area contributed by atoms with E-state index in [-0.39, 0.29) is 17.7 Å². The van der Waals surface area contributed by atoms with E-state index in [0.717, 1.165) is 76.9 Å². The minimum Gasteiger partial charge on any atom is -0.378 e. The maximum atomic E-state index is 14.6. The molecule has 4 heteroatoms. The van der Waals surface area contributed by atoms with E-state index < -0.39 is 6.23 Å². The molecule has 236 valence electrons. The molecule has 0 spiro atoms. The minimum atomic E-state index is -1.10. The standard InChI is InChI=1S/C44H38N2O2/c1-25(2)30-9-7-10-31(26(3)4)42(30)46-43(47)37-23-21-35-33-12-8-11-32-28(16-13-27-14-18-29(19-15-27)45(5)6)17-20-34(39(32)33)36-22-24-38(44(46)48)41(37)40(35)36/h7-12,14-15,17-26,43,47H,1-6H3. The SMILES string of the molecule is CC(C)c1cccc(C(C)C)c1N1C(=O)c2ccc3c4ccc(C#Cc5ccc(N(C)C)cc5)c5cccc(c6ccc(c2c36)C1O)c54. The van der Waals surface area contributed by atoms with E-state index >= 15 is 0 Å². The number of aliphatic hydroxyl groups is 1. The number of para-hydroxylation sites is 1. The number of amides is 1. The molecule has 0 saturated heterocycles. The van der Waals surface area contributed by atoms with Gasteiger partial charge in [0.15, 0.2) is 6.23 Å². The Morgan fingerprint density at radius 3 is 1.90 bits per heavy atom. The average Bonchev–Trinajstić information content (AvgIpc) is 3.09. The summed E-state index contributed by atoms with van der Waals surface area (Å²) in [5.74, 6) is 7.03. The maximum absolute atomic E-state index is 14.6. The molecule has 0 bridgehead atoms. The fourth-order valence-electron chi connectivity index (χ4n) is 7.71. The second-order valence-electron chi connectivity index (χ2n) is 13.8. The second kappa shape index (κ2) is 11.1. The van der Waals surface area contributed by atoms with Gasteiger partial charge < -0.3 is 10.0 Å². The zero-order valence-corrected chi connectivity index (χ0v) is 28.2. The number of fused-ring (bicyclic) bond motifs is 2. The van der Waals surface area contributed by atoms with Crippen LogP contribution >= 0.6 is 0 Å². The summed E-state index contributed by atoms with van der Waals surface area (Å²) in [5, 5.41) is 20.6. The second-order valence-corrected chi connectivity index (χ2v) is 13.8. The van der Waals surface area contributed by atoms with Crippen LogP contribution in [0.2, 0.25) is 0 Å². The number of anilines is 2. The summed E-state index contributed by atoms with van der Waals surface area (Å²) < 4.78 is 0. The van der Waals surface area contributed by atoms with E-state index in [4.69, 9.17) is 0 Å². The number of carbonyl (C=O) groups excluding carboxylic acids is 1. The Balaban J connectivity index is 1.33. The molecule has 1 unspecified atom stereocenters. The predicted molar refractivity (Wildman–Crippen MR) is 201 cm³/mol. The molecule has 0 fully saturated rings. The van der Waals surface area contributed by atoms with Crippen molar-refractivity contribution in [3.8, 4) is 11.8 Å². The first-order valence-corrected chi connectivity index (χ1v) is 16.8. The summed E-state index contributed by atoms with van der Waals surface area (Å²) in [6.45, 7) is 8.56. The van der Waals surface area contributed by atoms with Gasteiger partial charge in [-0.05, 0) is 97.1 Å². The summed E-state index contributed by atoms with van der Waals surface area (Å²) >= 11 is 0. The van der Waals surface area contributed by atoms with Gasteiger partial charge in [0, 0.05) is 47.4 Å². The van der Waals surface area contributed by atoms with Gasteiger partial charge in [-0.3, -0.25) is 9.69 Å². The first-order valence-electron chi connectivity index (χ1n) is 16.8. The molecular formula is C44H38N2O2. The molecule has 48 heavy (non-hydrogen) atoms. The molecule has 1 heterocycles. The lowest BCUT2D eigenvalue weighted by atomic mass is 9.83. The molecule has 1 aliphatic heterocycles. The van der Waals surface area contributed by atoms with Crippen LogP contribution in [0.4, 0.5) is 11.4 Å². The van der Waals surface area contributed by atoms with Gasteiger partial charge >= 0.3 is 0 Å². The van der Waals surface area contributed by atoms with E-state index in [9.17, 15) is 9.90 Å². The van der Waals surface area contributed by atoms with E-state index in [1.165, 1.54) is 5.39 Å². The number of aliphatic hydroxyl groups excluding tert-OH is 1. The maximum Gasteiger partial charge on any atom is 0.261 e. The Hall–Kier alpha value is -5.37. The molecular weight excluding hydrogens is 588 g/mol. The van der Waals surface area contributed by atoms with Gasteiger partial charge in [0.05, 0.1) is 5.69 Å². The lowest BCUT2D eigenvalue weighted by Crippen LogP contribution is -2.39. The topological polar surface area (TPSA) is 43.8 Å². The smallest absolute Gasteiger partial charge is 0.261 e. The number of carbonyl (C=O) groups is 1. The highest BCUT2D eigenvalue weighted by molar-refractivity contribution is 6.36. The van der Waals surface area contributed by atoms with Crippen LogP contribution < -0.4 is 9.80 Å². The highest BCUT2D eigenvalue weighted by atomic mass is 16.3. The Morgan fingerprint density at radius 2 is 1.23 bits per heavy atom. The van der Waals surface area contributed by atoms with Gasteiger partial charge in [0.25, 0.3) is 5.91 Å². The fourth-order valence-corrected chi connectivity index (χ4v) is 7.71. The summed E-state index contributed by atoms with van der Waals surface area (Å²) in [4.78, 5) is 18.3. The van der Waals surface area contributed by atoms with Crippen LogP contribution in [0.5, 0.6) is 0 Å². The first-order chi connectivity index (χ1) is 23.2. The minimum absolute atomic E-state index is 0.165. The summed E-state index contributed by atoms with van der Waals surface area (Å²) in [6.07, 6.45) is -1.10. The van der Waals surface area contributed by atoms with Crippen molar-refractivity contribution in [3.05, 3.63) is 130 Å². The van der Waals surface area contributed by atoms with Gasteiger partial charge in [-0.15, -0.1) is 0 Å². The zero-order chi connectivity index (χ0) is 33.4. The highest BCUT2D eigenvalue weighted by Gasteiger charge is 2.37. The molecule has 1 aliphatic rings. The lowest BCUT2D eigenvalue weighted by Gasteiger charge is -2.37. The fraction of sp³-hybridized carbons (Fsp3) is 0.205. The Morgan fingerprint density at radius 1 is 0.646 bits per heavy atom. The van der Waals surface area contributed by atoms with E-state index in [0.29, 0.717) is 5.56 Å². The first kappa shape index (κ1) is 30.0. The Bertz CT molecular complexity index is 2430. The quantitative estimate of drug-likeness (QED) is 0.120. The van der Waals surface area contributed by atoms with Gasteiger partial charge in [0.1, 0.15) is 0 Å². The van der Waals surface area contributed by atoms with Crippen LogP contribution in [0.3, 0.4) is 0 Å². The summed E-state index contributed by atoms with van der Waals surface area (Å²) in [7, 11) is 4.07. The van der Waals surface area contributed by atoms with Crippen molar-refractivity contribution in [3.63, 3.8) is 0 Å². The van der Waals surface area contributed by atoms with Crippen LogP contribution in [0.25, 0.3) is 43.1 Å². The number of nitrogens with zero attached hydrogens (tertiary/aromatic N) is 2. The Labute approximate surface area is 281 Å². The van der Waals surface area contributed by atoms with E-state index in [1.807, 2.05) is 26.2 Å². The van der Waals surface area contributed by atoms with Crippen molar-refractivity contribution >= 4 is 60.4 Å². The molecule has 4 nitrogen and oxygen atoms in total. The highest BCUT2D eigenvalue weighted by Crippen LogP contribution is 2.48. The van der Waals surface area contributed by atoms with Gasteiger partial charge in [-0.2, -0.15) is 0 Å². The van der Waals surface area contributed by atoms with Crippen LogP contribution in [0, 0.1) is 11.8 Å². The van der Waals surface area contributed by atoms with Gasteiger partial charge in [0.2, 0.25) is 0 Å². The summed E-state index contributed by atoms with van der Waals surface area (Å²) in [6, 6.07) is 33.4. The molecule has 1 N–H and O–H groups in total. The molecule has 0 radical (unpaired) electrons. The molecule has 7 aromatic carbocycles. The molecule has 0 aromatic heterocycles. The third kappa shape index (κ3) is 4.39.